The van der Waals surface area contributed by atoms with Crippen molar-refractivity contribution in [2.45, 2.75) is 11.4 Å². The predicted molar refractivity (Wildman–Crippen MR) is 95.6 cm³/mol. The third-order valence-electron chi connectivity index (χ3n) is 3.66. The van der Waals surface area contributed by atoms with Crippen molar-refractivity contribution in [1.29, 1.82) is 0 Å². The first kappa shape index (κ1) is 17.5. The van der Waals surface area contributed by atoms with E-state index in [9.17, 15) is 8.42 Å². The number of imidazole rings is 1. The number of methoxy groups -OCH3 is 1. The average molecular weight is 378 g/mol. The van der Waals surface area contributed by atoms with Gasteiger partial charge in [-0.3, -0.25) is 0 Å². The van der Waals surface area contributed by atoms with E-state index in [4.69, 9.17) is 16.3 Å². The second kappa shape index (κ2) is 7.26. The van der Waals surface area contributed by atoms with E-state index >= 15 is 0 Å². The van der Waals surface area contributed by atoms with Crippen molar-refractivity contribution in [2.75, 3.05) is 7.11 Å². The topological polar surface area (TPSA) is 73.2 Å². The molecule has 25 heavy (non-hydrogen) atoms. The zero-order valence-electron chi connectivity index (χ0n) is 13.4. The lowest BCUT2D eigenvalue weighted by Crippen LogP contribution is -2.24. The van der Waals surface area contributed by atoms with Gasteiger partial charge < -0.3 is 9.30 Å². The molecular weight excluding hydrogens is 362 g/mol. The van der Waals surface area contributed by atoms with Gasteiger partial charge in [-0.2, -0.15) is 0 Å². The van der Waals surface area contributed by atoms with E-state index in [0.717, 1.165) is 11.3 Å². The highest BCUT2D eigenvalue weighted by Crippen LogP contribution is 2.27. The lowest BCUT2D eigenvalue weighted by molar-refractivity contribution is 0.414. The molecule has 0 saturated heterocycles. The Morgan fingerprint density at radius 1 is 1.24 bits per heavy atom. The van der Waals surface area contributed by atoms with E-state index in [1.807, 2.05) is 28.8 Å². The van der Waals surface area contributed by atoms with Crippen LogP contribution in [0.15, 0.2) is 66.1 Å². The molecule has 0 fully saturated rings. The van der Waals surface area contributed by atoms with Gasteiger partial charge in [-0.1, -0.05) is 29.8 Å². The van der Waals surface area contributed by atoms with Crippen LogP contribution in [0.2, 0.25) is 5.02 Å². The largest absolute Gasteiger partial charge is 0.495 e. The number of aromatic nitrogens is 2. The van der Waals surface area contributed by atoms with Gasteiger partial charge in [0.2, 0.25) is 10.0 Å². The highest BCUT2D eigenvalue weighted by Gasteiger charge is 2.16. The van der Waals surface area contributed by atoms with Crippen molar-refractivity contribution in [3.8, 4) is 11.4 Å². The van der Waals surface area contributed by atoms with Crippen LogP contribution in [-0.2, 0) is 16.6 Å². The number of hydrogen-bond donors (Lipinski definition) is 1. The van der Waals surface area contributed by atoms with Gasteiger partial charge >= 0.3 is 0 Å². The number of nitrogens with zero attached hydrogens (tertiary/aromatic N) is 2. The second-order valence-electron chi connectivity index (χ2n) is 5.22. The minimum Gasteiger partial charge on any atom is -0.495 e. The van der Waals surface area contributed by atoms with Crippen molar-refractivity contribution < 1.29 is 13.2 Å². The van der Waals surface area contributed by atoms with E-state index in [0.29, 0.717) is 5.75 Å². The van der Waals surface area contributed by atoms with Crippen LogP contribution in [0.3, 0.4) is 0 Å². The molecule has 3 aromatic rings. The van der Waals surface area contributed by atoms with E-state index in [2.05, 4.69) is 9.71 Å². The molecule has 0 saturated carbocycles. The van der Waals surface area contributed by atoms with Gasteiger partial charge in [-0.05, 0) is 29.8 Å². The van der Waals surface area contributed by atoms with Gasteiger partial charge in [-0.15, -0.1) is 0 Å². The summed E-state index contributed by atoms with van der Waals surface area (Å²) in [5, 5.41) is 0.240. The maximum Gasteiger partial charge on any atom is 0.240 e. The Balaban J connectivity index is 1.83. The molecule has 1 N–H and O–H groups in total. The third kappa shape index (κ3) is 3.84. The summed E-state index contributed by atoms with van der Waals surface area (Å²) in [5.41, 5.74) is 1.68. The summed E-state index contributed by atoms with van der Waals surface area (Å²) in [5.74, 6) is 0.422. The molecule has 0 atom stereocenters. The van der Waals surface area contributed by atoms with Crippen LogP contribution in [0.1, 0.15) is 5.56 Å². The number of sulfonamides is 1. The van der Waals surface area contributed by atoms with Gasteiger partial charge in [0.15, 0.2) is 0 Å². The first-order valence-corrected chi connectivity index (χ1v) is 9.27. The molecule has 0 aliphatic carbocycles. The molecule has 0 amide bonds. The summed E-state index contributed by atoms with van der Waals surface area (Å²) in [7, 11) is -2.23. The zero-order chi connectivity index (χ0) is 17.9. The van der Waals surface area contributed by atoms with Gasteiger partial charge in [0.05, 0.1) is 29.0 Å². The van der Waals surface area contributed by atoms with E-state index in [1.165, 1.54) is 25.3 Å². The van der Waals surface area contributed by atoms with E-state index in [1.54, 1.807) is 18.7 Å². The number of rotatable bonds is 6. The van der Waals surface area contributed by atoms with Crippen LogP contribution in [0.4, 0.5) is 0 Å². The zero-order valence-corrected chi connectivity index (χ0v) is 15.0. The number of para-hydroxylation sites is 1. The average Bonchev–Trinajstić information content (AvgIpc) is 3.14. The Morgan fingerprint density at radius 3 is 2.72 bits per heavy atom. The SMILES string of the molecule is COc1ccc(S(=O)(=O)NCc2ccccc2-n2ccnc2)cc1Cl. The van der Waals surface area contributed by atoms with E-state index < -0.39 is 10.0 Å². The monoisotopic (exact) mass is 377 g/mol. The number of benzene rings is 2. The number of nitrogens with one attached hydrogen (secondary N) is 1. The quantitative estimate of drug-likeness (QED) is 0.716. The van der Waals surface area contributed by atoms with Crippen LogP contribution in [0, 0.1) is 0 Å². The molecule has 0 spiro atoms. The first-order valence-electron chi connectivity index (χ1n) is 7.41. The smallest absolute Gasteiger partial charge is 0.240 e. The van der Waals surface area contributed by atoms with Gasteiger partial charge in [0.25, 0.3) is 0 Å². The van der Waals surface area contributed by atoms with Crippen molar-refractivity contribution in [3.05, 3.63) is 71.8 Å². The minimum atomic E-state index is -3.71. The molecule has 2 aromatic carbocycles. The molecule has 0 radical (unpaired) electrons. The Bertz CT molecular complexity index is 973. The maximum atomic E-state index is 12.5. The summed E-state index contributed by atoms with van der Waals surface area (Å²) in [4.78, 5) is 4.10. The highest BCUT2D eigenvalue weighted by molar-refractivity contribution is 7.89. The normalized spacial score (nSPS) is 11.4. The molecule has 130 valence electrons. The fraction of sp³-hybridized carbons (Fsp3) is 0.118. The molecule has 0 aliphatic heterocycles. The number of ether oxygens (including phenoxy) is 1. The second-order valence-corrected chi connectivity index (χ2v) is 7.39. The Kier molecular flexibility index (Phi) is 5.08. The fourth-order valence-corrected chi connectivity index (χ4v) is 3.74. The third-order valence-corrected chi connectivity index (χ3v) is 5.35. The van der Waals surface area contributed by atoms with Crippen molar-refractivity contribution >= 4 is 21.6 Å². The Hall–Kier alpha value is -2.35. The van der Waals surface area contributed by atoms with Crippen LogP contribution in [0.25, 0.3) is 5.69 Å². The van der Waals surface area contributed by atoms with Gasteiger partial charge in [0, 0.05) is 18.9 Å². The van der Waals surface area contributed by atoms with Crippen molar-refractivity contribution in [3.63, 3.8) is 0 Å². The van der Waals surface area contributed by atoms with Crippen LogP contribution < -0.4 is 9.46 Å². The van der Waals surface area contributed by atoms with E-state index in [-0.39, 0.29) is 16.5 Å². The molecule has 1 heterocycles. The Labute approximate surface area is 151 Å². The minimum absolute atomic E-state index is 0.0819. The van der Waals surface area contributed by atoms with Crippen LogP contribution in [0.5, 0.6) is 5.75 Å². The summed E-state index contributed by atoms with van der Waals surface area (Å²) in [6.45, 7) is 0.139. The Morgan fingerprint density at radius 2 is 2.04 bits per heavy atom. The summed E-state index contributed by atoms with van der Waals surface area (Å²) < 4.78 is 34.5. The van der Waals surface area contributed by atoms with Crippen molar-refractivity contribution in [2.24, 2.45) is 0 Å². The molecule has 0 bridgehead atoms. The van der Waals surface area contributed by atoms with Gasteiger partial charge in [0.1, 0.15) is 5.75 Å². The van der Waals surface area contributed by atoms with Crippen LogP contribution >= 0.6 is 11.6 Å². The van der Waals surface area contributed by atoms with Crippen LogP contribution in [-0.4, -0.2) is 25.1 Å². The standard InChI is InChI=1S/C17H16ClN3O3S/c1-24-17-7-6-14(10-15(17)18)25(22,23)20-11-13-4-2-3-5-16(13)21-9-8-19-12-21/h2-10,12,20H,11H2,1H3. The predicted octanol–water partition coefficient (Wildman–Crippen LogP) is 3.01. The molecule has 0 aliphatic rings. The van der Waals surface area contributed by atoms with Gasteiger partial charge in [-0.25, -0.2) is 18.1 Å². The lowest BCUT2D eigenvalue weighted by Gasteiger charge is -2.12. The summed E-state index contributed by atoms with van der Waals surface area (Å²) in [6, 6.07) is 11.8. The molecular formula is C17H16ClN3O3S. The number of halogens is 1. The fourth-order valence-electron chi connectivity index (χ4n) is 2.38. The lowest BCUT2D eigenvalue weighted by atomic mass is 10.2. The summed E-state index contributed by atoms with van der Waals surface area (Å²) >= 11 is 6.02. The summed E-state index contributed by atoms with van der Waals surface area (Å²) in [6.07, 6.45) is 5.13. The molecule has 3 rings (SSSR count). The maximum absolute atomic E-state index is 12.5. The molecule has 6 nitrogen and oxygen atoms in total. The molecule has 1 aromatic heterocycles. The molecule has 0 unspecified atom stereocenters. The van der Waals surface area contributed by atoms with Crippen molar-refractivity contribution in [1.82, 2.24) is 14.3 Å². The highest BCUT2D eigenvalue weighted by atomic mass is 35.5. The molecule has 8 heteroatoms. The first-order chi connectivity index (χ1) is 12.0. The number of hydrogen-bond acceptors (Lipinski definition) is 4.